The van der Waals surface area contributed by atoms with Crippen LogP contribution in [0, 0.1) is 0 Å². The van der Waals surface area contributed by atoms with Gasteiger partial charge < -0.3 is 15.7 Å². The molecule has 1 aliphatic rings. The number of rotatable bonds is 2. The normalized spacial score (nSPS) is 25.8. The van der Waals surface area contributed by atoms with Gasteiger partial charge in [0.1, 0.15) is 0 Å². The minimum absolute atomic E-state index is 0.0233. The zero-order valence-corrected chi connectivity index (χ0v) is 8.07. The number of amides is 1. The maximum Gasteiger partial charge on any atom is 0.236 e. The summed E-state index contributed by atoms with van der Waals surface area (Å²) in [6.07, 6.45) is 2.55. The zero-order chi connectivity index (χ0) is 9.84. The predicted octanol–water partition coefficient (Wildman–Crippen LogP) is -0.293. The smallest absolute Gasteiger partial charge is 0.236 e. The van der Waals surface area contributed by atoms with Gasteiger partial charge in [-0.1, -0.05) is 0 Å². The molecule has 1 heterocycles. The molecule has 0 aromatic carbocycles. The van der Waals surface area contributed by atoms with Crippen molar-refractivity contribution < 1.29 is 9.90 Å². The van der Waals surface area contributed by atoms with Gasteiger partial charge in [0.2, 0.25) is 5.91 Å². The molecule has 1 aliphatic heterocycles. The lowest BCUT2D eigenvalue weighted by molar-refractivity contribution is -0.136. The molecule has 0 unspecified atom stereocenters. The SMILES string of the molecule is C[C@@H](O)[C@@H]1CCCCN1C(=O)CN. The van der Waals surface area contributed by atoms with Gasteiger partial charge >= 0.3 is 0 Å². The van der Waals surface area contributed by atoms with Gasteiger partial charge in [0.05, 0.1) is 18.7 Å². The summed E-state index contributed by atoms with van der Waals surface area (Å²) in [5.74, 6) is -0.0504. The summed E-state index contributed by atoms with van der Waals surface area (Å²) < 4.78 is 0. The monoisotopic (exact) mass is 186 g/mol. The Labute approximate surface area is 78.7 Å². The summed E-state index contributed by atoms with van der Waals surface area (Å²) in [7, 11) is 0. The number of hydrogen-bond donors (Lipinski definition) is 2. The number of likely N-dealkylation sites (tertiary alicyclic amines) is 1. The van der Waals surface area contributed by atoms with E-state index in [1.165, 1.54) is 0 Å². The second-order valence-corrected chi connectivity index (χ2v) is 3.59. The second kappa shape index (κ2) is 4.58. The molecular formula is C9H18N2O2. The van der Waals surface area contributed by atoms with Crippen molar-refractivity contribution in [3.05, 3.63) is 0 Å². The van der Waals surface area contributed by atoms with Gasteiger partial charge in [-0.3, -0.25) is 4.79 Å². The fourth-order valence-corrected chi connectivity index (χ4v) is 1.89. The third-order valence-electron chi connectivity index (χ3n) is 2.60. The molecule has 1 rings (SSSR count). The van der Waals surface area contributed by atoms with Gasteiger partial charge in [-0.2, -0.15) is 0 Å². The maximum atomic E-state index is 11.4. The lowest BCUT2D eigenvalue weighted by Crippen LogP contribution is -2.50. The molecule has 0 saturated carbocycles. The third kappa shape index (κ3) is 2.42. The topological polar surface area (TPSA) is 66.6 Å². The molecule has 0 spiro atoms. The van der Waals surface area contributed by atoms with Crippen LogP contribution in [0.15, 0.2) is 0 Å². The Hall–Kier alpha value is -0.610. The average Bonchev–Trinajstić information content (AvgIpc) is 2.16. The quantitative estimate of drug-likeness (QED) is 0.622. The highest BCUT2D eigenvalue weighted by molar-refractivity contribution is 5.78. The average molecular weight is 186 g/mol. The Bertz CT molecular complexity index is 182. The second-order valence-electron chi connectivity index (χ2n) is 3.59. The summed E-state index contributed by atoms with van der Waals surface area (Å²) in [4.78, 5) is 13.1. The van der Waals surface area contributed by atoms with E-state index in [1.807, 2.05) is 0 Å². The number of carbonyl (C=O) groups excluding carboxylic acids is 1. The van der Waals surface area contributed by atoms with Crippen LogP contribution in [0.4, 0.5) is 0 Å². The van der Waals surface area contributed by atoms with Crippen molar-refractivity contribution in [1.82, 2.24) is 4.90 Å². The minimum atomic E-state index is -0.448. The van der Waals surface area contributed by atoms with E-state index in [9.17, 15) is 9.90 Å². The van der Waals surface area contributed by atoms with Crippen molar-refractivity contribution in [2.75, 3.05) is 13.1 Å². The molecule has 0 aromatic heterocycles. The minimum Gasteiger partial charge on any atom is -0.391 e. The van der Waals surface area contributed by atoms with Gasteiger partial charge in [0, 0.05) is 6.54 Å². The van der Waals surface area contributed by atoms with Crippen LogP contribution in [0.2, 0.25) is 0 Å². The first-order valence-electron chi connectivity index (χ1n) is 4.84. The highest BCUT2D eigenvalue weighted by Gasteiger charge is 2.28. The molecule has 4 nitrogen and oxygen atoms in total. The summed E-state index contributed by atoms with van der Waals surface area (Å²) >= 11 is 0. The molecule has 2 atom stereocenters. The van der Waals surface area contributed by atoms with Crippen LogP contribution in [0.5, 0.6) is 0 Å². The van der Waals surface area contributed by atoms with Crippen molar-refractivity contribution in [1.29, 1.82) is 0 Å². The van der Waals surface area contributed by atoms with E-state index in [0.717, 1.165) is 25.8 Å². The summed E-state index contributed by atoms with van der Waals surface area (Å²) in [6, 6.07) is -0.0233. The van der Waals surface area contributed by atoms with Gasteiger partial charge in [-0.15, -0.1) is 0 Å². The van der Waals surface area contributed by atoms with Crippen LogP contribution in [-0.2, 0) is 4.79 Å². The maximum absolute atomic E-state index is 11.4. The number of carbonyl (C=O) groups is 1. The number of nitrogens with two attached hydrogens (primary N) is 1. The first-order valence-corrected chi connectivity index (χ1v) is 4.84. The Morgan fingerprint density at radius 3 is 2.92 bits per heavy atom. The van der Waals surface area contributed by atoms with Crippen LogP contribution in [-0.4, -0.2) is 41.1 Å². The number of aliphatic hydroxyl groups excluding tert-OH is 1. The van der Waals surface area contributed by atoms with Gasteiger partial charge in [0.15, 0.2) is 0 Å². The largest absolute Gasteiger partial charge is 0.391 e. The van der Waals surface area contributed by atoms with E-state index in [-0.39, 0.29) is 18.5 Å². The lowest BCUT2D eigenvalue weighted by Gasteiger charge is -2.37. The van der Waals surface area contributed by atoms with Gasteiger partial charge in [-0.25, -0.2) is 0 Å². The summed E-state index contributed by atoms with van der Waals surface area (Å²) in [5, 5.41) is 9.46. The molecule has 0 radical (unpaired) electrons. The standard InChI is InChI=1S/C9H18N2O2/c1-7(12)8-4-2-3-5-11(8)9(13)6-10/h7-8,12H,2-6,10H2,1H3/t7-,8+/m1/s1. The van der Waals surface area contributed by atoms with Crippen LogP contribution in [0.25, 0.3) is 0 Å². The van der Waals surface area contributed by atoms with Crippen molar-refractivity contribution in [3.8, 4) is 0 Å². The van der Waals surface area contributed by atoms with E-state index < -0.39 is 6.10 Å². The number of piperidine rings is 1. The highest BCUT2D eigenvalue weighted by atomic mass is 16.3. The van der Waals surface area contributed by atoms with Crippen LogP contribution in [0.3, 0.4) is 0 Å². The molecule has 3 N–H and O–H groups in total. The van der Waals surface area contributed by atoms with E-state index in [2.05, 4.69) is 0 Å². The number of hydrogen-bond acceptors (Lipinski definition) is 3. The van der Waals surface area contributed by atoms with E-state index in [0.29, 0.717) is 0 Å². The molecule has 0 bridgehead atoms. The van der Waals surface area contributed by atoms with Crippen LogP contribution < -0.4 is 5.73 Å². The molecule has 0 aromatic rings. The highest BCUT2D eigenvalue weighted by Crippen LogP contribution is 2.19. The number of nitrogens with zero attached hydrogens (tertiary/aromatic N) is 1. The van der Waals surface area contributed by atoms with Crippen LogP contribution in [0.1, 0.15) is 26.2 Å². The van der Waals surface area contributed by atoms with Crippen molar-refractivity contribution in [2.45, 2.75) is 38.3 Å². The Morgan fingerprint density at radius 1 is 1.69 bits per heavy atom. The number of aliphatic hydroxyl groups is 1. The molecule has 1 amide bonds. The Balaban J connectivity index is 2.61. The fraction of sp³-hybridized carbons (Fsp3) is 0.889. The molecular weight excluding hydrogens is 168 g/mol. The lowest BCUT2D eigenvalue weighted by atomic mass is 9.98. The predicted molar refractivity (Wildman–Crippen MR) is 50.1 cm³/mol. The molecule has 13 heavy (non-hydrogen) atoms. The van der Waals surface area contributed by atoms with Gasteiger partial charge in [0.25, 0.3) is 0 Å². The Morgan fingerprint density at radius 2 is 2.38 bits per heavy atom. The van der Waals surface area contributed by atoms with E-state index in [1.54, 1.807) is 11.8 Å². The first kappa shape index (κ1) is 10.5. The van der Waals surface area contributed by atoms with E-state index >= 15 is 0 Å². The van der Waals surface area contributed by atoms with Crippen molar-refractivity contribution >= 4 is 5.91 Å². The molecule has 4 heteroatoms. The Kier molecular flexibility index (Phi) is 3.69. The van der Waals surface area contributed by atoms with Crippen molar-refractivity contribution in [3.63, 3.8) is 0 Å². The van der Waals surface area contributed by atoms with Crippen LogP contribution >= 0.6 is 0 Å². The summed E-state index contributed by atoms with van der Waals surface area (Å²) in [5.41, 5.74) is 5.29. The fourth-order valence-electron chi connectivity index (χ4n) is 1.89. The molecule has 1 fully saturated rings. The molecule has 76 valence electrons. The summed E-state index contributed by atoms with van der Waals surface area (Å²) in [6.45, 7) is 2.52. The molecule has 0 aliphatic carbocycles. The molecule has 1 saturated heterocycles. The zero-order valence-electron chi connectivity index (χ0n) is 8.07. The van der Waals surface area contributed by atoms with Crippen molar-refractivity contribution in [2.24, 2.45) is 5.73 Å². The van der Waals surface area contributed by atoms with Gasteiger partial charge in [-0.05, 0) is 26.2 Å². The third-order valence-corrected chi connectivity index (χ3v) is 2.60. The first-order chi connectivity index (χ1) is 6.16. The van der Waals surface area contributed by atoms with E-state index in [4.69, 9.17) is 5.73 Å².